The molecule has 0 unspecified atom stereocenters. The maximum atomic E-state index is 4.67. The fourth-order valence-corrected chi connectivity index (χ4v) is 1.90. The molecule has 0 amide bonds. The molecule has 0 bridgehead atoms. The van der Waals surface area contributed by atoms with Crippen molar-refractivity contribution in [1.29, 1.82) is 0 Å². The fraction of sp³-hybridized carbons (Fsp3) is 0.333. The van der Waals surface area contributed by atoms with E-state index in [0.29, 0.717) is 0 Å². The first-order valence-electron chi connectivity index (χ1n) is 6.18. The standard InChI is InChI=1S/C15H18N2/c1-3-4-5-13-6-7-15(17-12(13)2)14-8-10-16-11-9-14/h6-11H,3-5H2,1-2H3. The van der Waals surface area contributed by atoms with Crippen molar-refractivity contribution in [2.75, 3.05) is 0 Å². The van der Waals surface area contributed by atoms with Crippen LogP contribution < -0.4 is 0 Å². The van der Waals surface area contributed by atoms with Gasteiger partial charge in [0.05, 0.1) is 5.69 Å². The number of aromatic nitrogens is 2. The molecule has 17 heavy (non-hydrogen) atoms. The van der Waals surface area contributed by atoms with Crippen molar-refractivity contribution in [3.05, 3.63) is 47.9 Å². The molecule has 0 aromatic carbocycles. The van der Waals surface area contributed by atoms with Crippen LogP contribution in [0.5, 0.6) is 0 Å². The molecule has 0 saturated heterocycles. The average molecular weight is 226 g/mol. The molecular formula is C15H18N2. The fourth-order valence-electron chi connectivity index (χ4n) is 1.90. The summed E-state index contributed by atoms with van der Waals surface area (Å²) in [5.41, 5.74) is 4.67. The van der Waals surface area contributed by atoms with Crippen LogP contribution >= 0.6 is 0 Å². The zero-order valence-electron chi connectivity index (χ0n) is 10.5. The van der Waals surface area contributed by atoms with Crippen LogP contribution in [0.25, 0.3) is 11.3 Å². The van der Waals surface area contributed by atoms with E-state index in [0.717, 1.165) is 23.4 Å². The Morgan fingerprint density at radius 3 is 2.47 bits per heavy atom. The second kappa shape index (κ2) is 5.58. The number of rotatable bonds is 4. The first-order valence-corrected chi connectivity index (χ1v) is 6.18. The third-order valence-corrected chi connectivity index (χ3v) is 2.97. The predicted octanol–water partition coefficient (Wildman–Crippen LogP) is 3.79. The highest BCUT2D eigenvalue weighted by molar-refractivity contribution is 5.58. The number of pyridine rings is 2. The van der Waals surface area contributed by atoms with Gasteiger partial charge in [0.2, 0.25) is 0 Å². The van der Waals surface area contributed by atoms with Gasteiger partial charge in [-0.25, -0.2) is 0 Å². The van der Waals surface area contributed by atoms with Gasteiger partial charge in [0.25, 0.3) is 0 Å². The number of hydrogen-bond donors (Lipinski definition) is 0. The zero-order valence-corrected chi connectivity index (χ0v) is 10.5. The first kappa shape index (κ1) is 11.8. The smallest absolute Gasteiger partial charge is 0.0706 e. The van der Waals surface area contributed by atoms with Crippen LogP contribution in [0.2, 0.25) is 0 Å². The summed E-state index contributed by atoms with van der Waals surface area (Å²) in [6, 6.07) is 8.29. The Kier molecular flexibility index (Phi) is 3.86. The Labute approximate surface area is 103 Å². The minimum absolute atomic E-state index is 1.03. The topological polar surface area (TPSA) is 25.8 Å². The summed E-state index contributed by atoms with van der Waals surface area (Å²) in [5, 5.41) is 0. The van der Waals surface area contributed by atoms with Crippen LogP contribution in [0, 0.1) is 6.92 Å². The molecule has 0 N–H and O–H groups in total. The molecule has 2 heterocycles. The summed E-state index contributed by atoms with van der Waals surface area (Å²) in [7, 11) is 0. The highest BCUT2D eigenvalue weighted by Gasteiger charge is 2.03. The number of nitrogens with zero attached hydrogens (tertiary/aromatic N) is 2. The molecular weight excluding hydrogens is 208 g/mol. The van der Waals surface area contributed by atoms with Gasteiger partial charge in [-0.3, -0.25) is 9.97 Å². The van der Waals surface area contributed by atoms with E-state index in [1.165, 1.54) is 18.4 Å². The summed E-state index contributed by atoms with van der Waals surface area (Å²) in [5.74, 6) is 0. The maximum absolute atomic E-state index is 4.67. The lowest BCUT2D eigenvalue weighted by atomic mass is 10.1. The number of aryl methyl sites for hydroxylation is 2. The molecule has 0 aliphatic rings. The molecule has 2 aromatic heterocycles. The summed E-state index contributed by atoms with van der Waals surface area (Å²) >= 11 is 0. The van der Waals surface area contributed by atoms with Crippen molar-refractivity contribution in [2.24, 2.45) is 0 Å². The molecule has 0 aliphatic carbocycles. The van der Waals surface area contributed by atoms with Crippen LogP contribution in [0.3, 0.4) is 0 Å². The summed E-state index contributed by atoms with van der Waals surface area (Å²) in [6.07, 6.45) is 7.20. The van der Waals surface area contributed by atoms with E-state index in [1.54, 1.807) is 12.4 Å². The van der Waals surface area contributed by atoms with Gasteiger partial charge in [0.1, 0.15) is 0 Å². The molecule has 0 saturated carbocycles. The van der Waals surface area contributed by atoms with Crippen molar-refractivity contribution in [1.82, 2.24) is 9.97 Å². The molecule has 0 spiro atoms. The van der Waals surface area contributed by atoms with Crippen molar-refractivity contribution in [3.63, 3.8) is 0 Å². The van der Waals surface area contributed by atoms with E-state index in [4.69, 9.17) is 0 Å². The average Bonchev–Trinajstić information content (AvgIpc) is 2.38. The summed E-state index contributed by atoms with van der Waals surface area (Å²) in [4.78, 5) is 8.69. The highest BCUT2D eigenvalue weighted by Crippen LogP contribution is 2.18. The minimum Gasteiger partial charge on any atom is -0.265 e. The van der Waals surface area contributed by atoms with E-state index in [2.05, 4.69) is 35.9 Å². The monoisotopic (exact) mass is 226 g/mol. The predicted molar refractivity (Wildman–Crippen MR) is 70.8 cm³/mol. The minimum atomic E-state index is 1.03. The Balaban J connectivity index is 2.25. The van der Waals surface area contributed by atoms with Crippen molar-refractivity contribution in [3.8, 4) is 11.3 Å². The van der Waals surface area contributed by atoms with Crippen LogP contribution in [-0.2, 0) is 6.42 Å². The SMILES string of the molecule is CCCCc1ccc(-c2ccncc2)nc1C. The van der Waals surface area contributed by atoms with E-state index in [-0.39, 0.29) is 0 Å². The van der Waals surface area contributed by atoms with Gasteiger partial charge in [-0.2, -0.15) is 0 Å². The van der Waals surface area contributed by atoms with E-state index in [9.17, 15) is 0 Å². The van der Waals surface area contributed by atoms with Gasteiger partial charge in [0.15, 0.2) is 0 Å². The van der Waals surface area contributed by atoms with Gasteiger partial charge in [-0.1, -0.05) is 19.4 Å². The van der Waals surface area contributed by atoms with E-state index >= 15 is 0 Å². The molecule has 2 heteroatoms. The second-order valence-electron chi connectivity index (χ2n) is 4.28. The lowest BCUT2D eigenvalue weighted by Crippen LogP contribution is -1.95. The van der Waals surface area contributed by atoms with Crippen LogP contribution in [0.15, 0.2) is 36.7 Å². The molecule has 0 aliphatic heterocycles. The molecule has 0 radical (unpaired) electrons. The summed E-state index contributed by atoms with van der Waals surface area (Å²) in [6.45, 7) is 4.31. The highest BCUT2D eigenvalue weighted by atomic mass is 14.7. The van der Waals surface area contributed by atoms with Crippen LogP contribution in [0.1, 0.15) is 31.0 Å². The third-order valence-electron chi connectivity index (χ3n) is 2.97. The molecule has 0 fully saturated rings. The largest absolute Gasteiger partial charge is 0.265 e. The lowest BCUT2D eigenvalue weighted by Gasteiger charge is -2.07. The van der Waals surface area contributed by atoms with Crippen molar-refractivity contribution in [2.45, 2.75) is 33.1 Å². The van der Waals surface area contributed by atoms with Gasteiger partial charge in [-0.15, -0.1) is 0 Å². The summed E-state index contributed by atoms with van der Waals surface area (Å²) < 4.78 is 0. The second-order valence-corrected chi connectivity index (χ2v) is 4.28. The zero-order chi connectivity index (χ0) is 12.1. The Hall–Kier alpha value is -1.70. The van der Waals surface area contributed by atoms with Gasteiger partial charge >= 0.3 is 0 Å². The Morgan fingerprint density at radius 1 is 1.06 bits per heavy atom. The Morgan fingerprint density at radius 2 is 1.82 bits per heavy atom. The van der Waals surface area contributed by atoms with E-state index in [1.807, 2.05) is 12.1 Å². The first-order chi connectivity index (χ1) is 8.31. The maximum Gasteiger partial charge on any atom is 0.0706 e. The lowest BCUT2D eigenvalue weighted by molar-refractivity contribution is 0.787. The van der Waals surface area contributed by atoms with Crippen LogP contribution in [0.4, 0.5) is 0 Å². The molecule has 88 valence electrons. The van der Waals surface area contributed by atoms with Crippen LogP contribution in [-0.4, -0.2) is 9.97 Å². The molecule has 2 aromatic rings. The van der Waals surface area contributed by atoms with Gasteiger partial charge < -0.3 is 0 Å². The van der Waals surface area contributed by atoms with Gasteiger partial charge in [0, 0.05) is 23.7 Å². The van der Waals surface area contributed by atoms with Crippen molar-refractivity contribution < 1.29 is 0 Å². The van der Waals surface area contributed by atoms with Crippen molar-refractivity contribution >= 4 is 0 Å². The number of unbranched alkanes of at least 4 members (excludes halogenated alkanes) is 1. The Bertz CT molecular complexity index is 478. The molecule has 2 nitrogen and oxygen atoms in total. The van der Waals surface area contributed by atoms with Gasteiger partial charge in [-0.05, 0) is 43.5 Å². The molecule has 2 rings (SSSR count). The molecule has 0 atom stereocenters. The quantitative estimate of drug-likeness (QED) is 0.792. The normalized spacial score (nSPS) is 10.5. The third kappa shape index (κ3) is 2.90. The number of hydrogen-bond acceptors (Lipinski definition) is 2. The van der Waals surface area contributed by atoms with E-state index < -0.39 is 0 Å².